The highest BCUT2D eigenvalue weighted by Crippen LogP contribution is 2.41. The summed E-state index contributed by atoms with van der Waals surface area (Å²) >= 11 is 0. The molecule has 3 rings (SSSR count). The molecule has 2 fully saturated rings. The number of rotatable bonds is 2. The molecule has 2 saturated heterocycles. The molecule has 0 radical (unpaired) electrons. The van der Waals surface area contributed by atoms with E-state index in [1.54, 1.807) is 6.92 Å². The molecule has 6 nitrogen and oxygen atoms in total. The van der Waals surface area contributed by atoms with Crippen molar-refractivity contribution in [2.75, 3.05) is 19.9 Å². The van der Waals surface area contributed by atoms with Crippen molar-refractivity contribution in [3.05, 3.63) is 17.1 Å². The molecule has 21 heavy (non-hydrogen) atoms. The van der Waals surface area contributed by atoms with Gasteiger partial charge in [0.05, 0.1) is 12.8 Å². The number of esters is 1. The fourth-order valence-electron chi connectivity index (χ4n) is 3.78. The highest BCUT2D eigenvalue weighted by molar-refractivity contribution is 5.95. The van der Waals surface area contributed by atoms with Crippen LogP contribution < -0.4 is 5.73 Å². The lowest BCUT2D eigenvalue weighted by Gasteiger charge is -2.35. The average molecular weight is 290 g/mol. The van der Waals surface area contributed by atoms with Gasteiger partial charge in [0.1, 0.15) is 17.2 Å². The highest BCUT2D eigenvalue weighted by atomic mass is 16.5. The minimum absolute atomic E-state index is 0.232. The Morgan fingerprint density at radius 3 is 2.43 bits per heavy atom. The third-order valence-electron chi connectivity index (χ3n) is 4.99. The number of carbonyl (C=O) groups excluding carboxylic acids is 1. The number of fused-ring (bicyclic) bond motifs is 2. The Labute approximate surface area is 124 Å². The number of aryl methyl sites for hydroxylation is 1. The van der Waals surface area contributed by atoms with Gasteiger partial charge in [-0.25, -0.2) is 14.8 Å². The van der Waals surface area contributed by atoms with Crippen LogP contribution in [0.5, 0.6) is 0 Å². The first-order valence-corrected chi connectivity index (χ1v) is 7.45. The Hall–Kier alpha value is -1.69. The van der Waals surface area contributed by atoms with E-state index in [0.717, 1.165) is 18.7 Å². The van der Waals surface area contributed by atoms with E-state index in [4.69, 9.17) is 10.5 Å². The van der Waals surface area contributed by atoms with Gasteiger partial charge in [-0.3, -0.25) is 0 Å². The van der Waals surface area contributed by atoms with Crippen LogP contribution in [-0.4, -0.2) is 47.1 Å². The molecule has 2 bridgehead atoms. The third-order valence-corrected chi connectivity index (χ3v) is 4.99. The normalized spacial score (nSPS) is 28.6. The largest absolute Gasteiger partial charge is 0.465 e. The van der Waals surface area contributed by atoms with Gasteiger partial charge in [0.15, 0.2) is 0 Å². The maximum Gasteiger partial charge on any atom is 0.343 e. The first kappa shape index (κ1) is 14.3. The summed E-state index contributed by atoms with van der Waals surface area (Å²) in [5, 5.41) is 0. The molecular weight excluding hydrogens is 268 g/mol. The molecule has 2 aliphatic rings. The molecule has 1 aromatic rings. The van der Waals surface area contributed by atoms with Crippen LogP contribution in [0.15, 0.2) is 0 Å². The second-order valence-electron chi connectivity index (χ2n) is 6.14. The van der Waals surface area contributed by atoms with Crippen molar-refractivity contribution in [1.82, 2.24) is 14.9 Å². The van der Waals surface area contributed by atoms with E-state index in [9.17, 15) is 4.79 Å². The number of anilines is 1. The first-order valence-electron chi connectivity index (χ1n) is 7.45. The Kier molecular flexibility index (Phi) is 3.57. The molecule has 6 heteroatoms. The van der Waals surface area contributed by atoms with Crippen molar-refractivity contribution >= 4 is 11.8 Å². The van der Waals surface area contributed by atoms with Gasteiger partial charge in [-0.15, -0.1) is 0 Å². The highest BCUT2D eigenvalue weighted by Gasteiger charge is 2.40. The molecule has 3 heterocycles. The van der Waals surface area contributed by atoms with Crippen LogP contribution in [0.25, 0.3) is 0 Å². The smallest absolute Gasteiger partial charge is 0.343 e. The Balaban J connectivity index is 1.89. The molecule has 0 amide bonds. The van der Waals surface area contributed by atoms with Gasteiger partial charge in [-0.2, -0.15) is 0 Å². The zero-order valence-electron chi connectivity index (χ0n) is 12.8. The summed E-state index contributed by atoms with van der Waals surface area (Å²) in [6.07, 6.45) is 4.66. The van der Waals surface area contributed by atoms with Crippen LogP contribution in [0.2, 0.25) is 0 Å². The van der Waals surface area contributed by atoms with Gasteiger partial charge in [0.25, 0.3) is 0 Å². The minimum atomic E-state index is -0.472. The maximum atomic E-state index is 11.7. The third kappa shape index (κ3) is 2.37. The number of nitrogen functional groups attached to an aromatic ring is 1. The predicted octanol–water partition coefficient (Wildman–Crippen LogP) is 1.49. The molecule has 0 aromatic carbocycles. The topological polar surface area (TPSA) is 81.3 Å². The number of hydrogen-bond donors (Lipinski definition) is 1. The van der Waals surface area contributed by atoms with Gasteiger partial charge in [0.2, 0.25) is 0 Å². The van der Waals surface area contributed by atoms with Crippen molar-refractivity contribution in [2.45, 2.75) is 50.6 Å². The van der Waals surface area contributed by atoms with Crippen molar-refractivity contribution in [2.24, 2.45) is 0 Å². The lowest BCUT2D eigenvalue weighted by Crippen LogP contribution is -2.39. The number of hydrogen-bond acceptors (Lipinski definition) is 6. The number of piperidine rings is 1. The van der Waals surface area contributed by atoms with Crippen molar-refractivity contribution in [1.29, 1.82) is 0 Å². The van der Waals surface area contributed by atoms with Gasteiger partial charge in [-0.05, 0) is 39.7 Å². The summed E-state index contributed by atoms with van der Waals surface area (Å²) in [5.74, 6) is 0.879. The van der Waals surface area contributed by atoms with Gasteiger partial charge in [0, 0.05) is 18.0 Å². The molecule has 114 valence electrons. The number of nitrogens with two attached hydrogens (primary N) is 1. The van der Waals surface area contributed by atoms with E-state index in [-0.39, 0.29) is 11.4 Å². The molecule has 0 spiro atoms. The van der Waals surface area contributed by atoms with E-state index in [1.807, 2.05) is 0 Å². The lowest BCUT2D eigenvalue weighted by molar-refractivity contribution is 0.0600. The summed E-state index contributed by atoms with van der Waals surface area (Å²) < 4.78 is 4.74. The van der Waals surface area contributed by atoms with E-state index in [0.29, 0.717) is 23.7 Å². The summed E-state index contributed by atoms with van der Waals surface area (Å²) in [7, 11) is 3.54. The molecule has 2 atom stereocenters. The van der Waals surface area contributed by atoms with E-state index >= 15 is 0 Å². The SMILES string of the molecule is COC(=O)c1c(C)nc(C2CC3CCC(C2)N3C)nc1N. The van der Waals surface area contributed by atoms with Crippen LogP contribution in [0, 0.1) is 6.92 Å². The molecule has 2 N–H and O–H groups in total. The number of nitrogens with zero attached hydrogens (tertiary/aromatic N) is 3. The number of aromatic nitrogens is 2. The number of methoxy groups -OCH3 is 1. The fraction of sp³-hybridized carbons (Fsp3) is 0.667. The predicted molar refractivity (Wildman–Crippen MR) is 79.1 cm³/mol. The van der Waals surface area contributed by atoms with Crippen LogP contribution in [0.4, 0.5) is 5.82 Å². The van der Waals surface area contributed by atoms with Gasteiger partial charge >= 0.3 is 5.97 Å². The fourth-order valence-corrected chi connectivity index (χ4v) is 3.78. The summed E-state index contributed by atoms with van der Waals surface area (Å²) in [4.78, 5) is 23.1. The monoisotopic (exact) mass is 290 g/mol. The zero-order valence-corrected chi connectivity index (χ0v) is 12.8. The van der Waals surface area contributed by atoms with E-state index < -0.39 is 5.97 Å². The Morgan fingerprint density at radius 1 is 1.29 bits per heavy atom. The van der Waals surface area contributed by atoms with E-state index in [2.05, 4.69) is 21.9 Å². The van der Waals surface area contributed by atoms with E-state index in [1.165, 1.54) is 20.0 Å². The summed E-state index contributed by atoms with van der Waals surface area (Å²) in [5.41, 5.74) is 6.85. The first-order chi connectivity index (χ1) is 10.0. The molecule has 1 aromatic heterocycles. The maximum absolute atomic E-state index is 11.7. The van der Waals surface area contributed by atoms with Crippen molar-refractivity contribution < 1.29 is 9.53 Å². The summed E-state index contributed by atoms with van der Waals surface area (Å²) in [6.45, 7) is 1.79. The molecular formula is C15H22N4O2. The van der Waals surface area contributed by atoms with Crippen LogP contribution >= 0.6 is 0 Å². The second kappa shape index (κ2) is 5.26. The lowest BCUT2D eigenvalue weighted by atomic mass is 9.90. The average Bonchev–Trinajstić information content (AvgIpc) is 2.67. The molecule has 2 unspecified atom stereocenters. The van der Waals surface area contributed by atoms with Crippen LogP contribution in [0.1, 0.15) is 53.5 Å². The molecule has 0 saturated carbocycles. The quantitative estimate of drug-likeness (QED) is 0.831. The molecule has 0 aliphatic carbocycles. The zero-order chi connectivity index (χ0) is 15.1. The molecule has 2 aliphatic heterocycles. The summed E-state index contributed by atoms with van der Waals surface area (Å²) in [6, 6.07) is 1.25. The van der Waals surface area contributed by atoms with Gasteiger partial charge < -0.3 is 15.4 Å². The van der Waals surface area contributed by atoms with Crippen molar-refractivity contribution in [3.8, 4) is 0 Å². The standard InChI is InChI=1S/C15H22N4O2/c1-8-12(15(20)21-3)13(16)18-14(17-8)9-6-10-4-5-11(7-9)19(10)2/h9-11H,4-7H2,1-3H3,(H2,16,17,18). The van der Waals surface area contributed by atoms with Crippen molar-refractivity contribution in [3.63, 3.8) is 0 Å². The number of carbonyl (C=O) groups is 1. The second-order valence-corrected chi connectivity index (χ2v) is 6.14. The van der Waals surface area contributed by atoms with Crippen LogP contribution in [-0.2, 0) is 4.74 Å². The van der Waals surface area contributed by atoms with Gasteiger partial charge in [-0.1, -0.05) is 0 Å². The van der Waals surface area contributed by atoms with Crippen LogP contribution in [0.3, 0.4) is 0 Å². The minimum Gasteiger partial charge on any atom is -0.465 e. The number of ether oxygens (including phenoxy) is 1. The Bertz CT molecular complexity index is 538. The Morgan fingerprint density at radius 2 is 1.90 bits per heavy atom.